The third-order valence-electron chi connectivity index (χ3n) is 3.91. The summed E-state index contributed by atoms with van der Waals surface area (Å²) in [7, 11) is 0. The summed E-state index contributed by atoms with van der Waals surface area (Å²) in [5.74, 6) is 0.00729. The minimum Gasteiger partial charge on any atom is -0.397 e. The van der Waals surface area contributed by atoms with Crippen molar-refractivity contribution in [1.29, 1.82) is 0 Å². The van der Waals surface area contributed by atoms with E-state index in [9.17, 15) is 4.79 Å². The monoisotopic (exact) mass is 281 g/mol. The number of fused-ring (bicyclic) bond motifs is 2. The van der Waals surface area contributed by atoms with E-state index in [4.69, 9.17) is 10.7 Å². The van der Waals surface area contributed by atoms with Crippen molar-refractivity contribution >= 4 is 22.5 Å². The van der Waals surface area contributed by atoms with Crippen molar-refractivity contribution in [3.63, 3.8) is 0 Å². The zero-order valence-corrected chi connectivity index (χ0v) is 12.2. The molecule has 2 heterocycles. The lowest BCUT2D eigenvalue weighted by Crippen LogP contribution is -2.24. The van der Waals surface area contributed by atoms with E-state index in [0.29, 0.717) is 17.8 Å². The van der Waals surface area contributed by atoms with Gasteiger partial charge < -0.3 is 10.6 Å². The highest BCUT2D eigenvalue weighted by Gasteiger charge is 2.31. The fourth-order valence-electron chi connectivity index (χ4n) is 2.96. The van der Waals surface area contributed by atoms with Gasteiger partial charge in [0.15, 0.2) is 0 Å². The number of aromatic nitrogens is 1. The minimum absolute atomic E-state index is 0.00729. The second-order valence-corrected chi connectivity index (χ2v) is 5.38. The zero-order valence-electron chi connectivity index (χ0n) is 12.2. The summed E-state index contributed by atoms with van der Waals surface area (Å²) in [6, 6.07) is 5.92. The number of amides is 1. The third-order valence-corrected chi connectivity index (χ3v) is 3.91. The predicted molar refractivity (Wildman–Crippen MR) is 85.1 cm³/mol. The van der Waals surface area contributed by atoms with Gasteiger partial charge in [-0.05, 0) is 18.4 Å². The lowest BCUT2D eigenvalue weighted by atomic mass is 10.0. The molecule has 0 fully saturated rings. The summed E-state index contributed by atoms with van der Waals surface area (Å²) in [6.45, 7) is 7.15. The normalized spacial score (nSPS) is 13.8. The number of nitrogens with two attached hydrogens (primary N) is 1. The molecule has 3 rings (SSSR count). The van der Waals surface area contributed by atoms with Crippen LogP contribution in [0.15, 0.2) is 30.9 Å². The topological polar surface area (TPSA) is 59.2 Å². The van der Waals surface area contributed by atoms with Gasteiger partial charge in [0.2, 0.25) is 0 Å². The Morgan fingerprint density at radius 3 is 3.00 bits per heavy atom. The van der Waals surface area contributed by atoms with Gasteiger partial charge in [0.05, 0.1) is 29.0 Å². The van der Waals surface area contributed by atoms with Crippen LogP contribution in [-0.4, -0.2) is 22.3 Å². The summed E-state index contributed by atoms with van der Waals surface area (Å²) < 4.78 is 0. The number of nitrogens with zero attached hydrogens (tertiary/aromatic N) is 2. The van der Waals surface area contributed by atoms with Gasteiger partial charge in [-0.15, -0.1) is 6.58 Å². The van der Waals surface area contributed by atoms with Crippen molar-refractivity contribution in [3.8, 4) is 0 Å². The highest BCUT2D eigenvalue weighted by atomic mass is 16.2. The second-order valence-electron chi connectivity index (χ2n) is 5.38. The number of rotatable bonds is 4. The smallest absolute Gasteiger partial charge is 0.258 e. The van der Waals surface area contributed by atoms with Crippen LogP contribution in [0, 0.1) is 0 Å². The number of allylic oxidation sites excluding steroid dienone is 1. The summed E-state index contributed by atoms with van der Waals surface area (Å²) in [6.07, 6.45) is 3.53. The van der Waals surface area contributed by atoms with E-state index in [-0.39, 0.29) is 5.91 Å². The molecule has 2 aromatic rings. The Balaban J connectivity index is 2.21. The molecular formula is C17H19N3O. The van der Waals surface area contributed by atoms with Crippen LogP contribution in [0.25, 0.3) is 10.9 Å². The Hall–Kier alpha value is -2.36. The average molecular weight is 281 g/mol. The highest BCUT2D eigenvalue weighted by molar-refractivity contribution is 6.09. The molecule has 108 valence electrons. The van der Waals surface area contributed by atoms with E-state index in [1.807, 2.05) is 29.2 Å². The first-order chi connectivity index (χ1) is 10.2. The van der Waals surface area contributed by atoms with Crippen LogP contribution in [0.5, 0.6) is 0 Å². The van der Waals surface area contributed by atoms with Crippen molar-refractivity contribution in [1.82, 2.24) is 9.88 Å². The van der Waals surface area contributed by atoms with E-state index in [1.54, 1.807) is 0 Å². The van der Waals surface area contributed by atoms with Crippen LogP contribution in [0.2, 0.25) is 0 Å². The Kier molecular flexibility index (Phi) is 3.37. The number of nitrogen functional groups attached to an aromatic ring is 1. The van der Waals surface area contributed by atoms with Crippen LogP contribution in [0.3, 0.4) is 0 Å². The Bertz CT molecular complexity index is 736. The average Bonchev–Trinajstić information content (AvgIpc) is 2.78. The number of anilines is 1. The third kappa shape index (κ3) is 2.07. The molecule has 0 radical (unpaired) electrons. The van der Waals surface area contributed by atoms with Gasteiger partial charge in [0.1, 0.15) is 0 Å². The molecular weight excluding hydrogens is 262 g/mol. The summed E-state index contributed by atoms with van der Waals surface area (Å²) in [4.78, 5) is 19.0. The van der Waals surface area contributed by atoms with Crippen molar-refractivity contribution in [2.24, 2.45) is 0 Å². The van der Waals surface area contributed by atoms with Gasteiger partial charge in [0.25, 0.3) is 5.91 Å². The largest absolute Gasteiger partial charge is 0.397 e. The molecule has 4 heteroatoms. The molecule has 1 aliphatic heterocycles. The fraction of sp³-hybridized carbons (Fsp3) is 0.294. The summed E-state index contributed by atoms with van der Waals surface area (Å²) in [5.41, 5.74) is 10.2. The molecule has 0 aliphatic carbocycles. The Morgan fingerprint density at radius 1 is 1.48 bits per heavy atom. The lowest BCUT2D eigenvalue weighted by Gasteiger charge is -2.13. The molecule has 0 saturated carbocycles. The number of carbonyl (C=O) groups is 1. The Labute approximate surface area is 124 Å². The van der Waals surface area contributed by atoms with Crippen molar-refractivity contribution in [3.05, 3.63) is 47.7 Å². The number of benzene rings is 1. The molecule has 0 saturated heterocycles. The molecule has 1 aromatic heterocycles. The predicted octanol–water partition coefficient (Wildman–Crippen LogP) is 2.91. The quantitative estimate of drug-likeness (QED) is 0.877. The van der Waals surface area contributed by atoms with Crippen molar-refractivity contribution in [2.45, 2.75) is 26.3 Å². The van der Waals surface area contributed by atoms with Gasteiger partial charge in [-0.2, -0.15) is 0 Å². The first kappa shape index (κ1) is 13.6. The molecule has 2 N–H and O–H groups in total. The summed E-state index contributed by atoms with van der Waals surface area (Å²) >= 11 is 0. The van der Waals surface area contributed by atoms with E-state index in [2.05, 4.69) is 13.5 Å². The SMILES string of the molecule is C=CCc1cccc2c(N)c3c(nc12)CN(CCC)C3=O. The van der Waals surface area contributed by atoms with E-state index >= 15 is 0 Å². The number of hydrogen-bond acceptors (Lipinski definition) is 3. The van der Waals surface area contributed by atoms with E-state index < -0.39 is 0 Å². The first-order valence-electron chi connectivity index (χ1n) is 7.27. The van der Waals surface area contributed by atoms with Gasteiger partial charge in [-0.25, -0.2) is 4.98 Å². The standard InChI is InChI=1S/C17H19N3O/c1-3-6-11-7-5-8-12-15(18)14-13(19-16(11)12)10-20(9-4-2)17(14)21/h3,5,7-8H,1,4,6,9-10H2,2H3,(H2,18,19). The molecule has 1 aliphatic rings. The number of para-hydroxylation sites is 1. The molecule has 0 bridgehead atoms. The van der Waals surface area contributed by atoms with Gasteiger partial charge >= 0.3 is 0 Å². The molecule has 0 atom stereocenters. The molecule has 0 unspecified atom stereocenters. The van der Waals surface area contributed by atoms with Gasteiger partial charge in [-0.3, -0.25) is 4.79 Å². The molecule has 21 heavy (non-hydrogen) atoms. The van der Waals surface area contributed by atoms with Crippen LogP contribution in [-0.2, 0) is 13.0 Å². The maximum atomic E-state index is 12.5. The maximum absolute atomic E-state index is 12.5. The van der Waals surface area contributed by atoms with Crippen LogP contribution < -0.4 is 5.73 Å². The maximum Gasteiger partial charge on any atom is 0.258 e. The molecule has 0 spiro atoms. The second kappa shape index (κ2) is 5.20. The highest BCUT2D eigenvalue weighted by Crippen LogP contribution is 2.33. The number of carbonyl (C=O) groups excluding carboxylic acids is 1. The zero-order chi connectivity index (χ0) is 15.0. The minimum atomic E-state index is 0.00729. The first-order valence-corrected chi connectivity index (χ1v) is 7.27. The summed E-state index contributed by atoms with van der Waals surface area (Å²) in [5, 5.41) is 0.861. The number of hydrogen-bond donors (Lipinski definition) is 1. The fourth-order valence-corrected chi connectivity index (χ4v) is 2.96. The van der Waals surface area contributed by atoms with Crippen LogP contribution in [0.4, 0.5) is 5.69 Å². The van der Waals surface area contributed by atoms with E-state index in [1.165, 1.54) is 0 Å². The van der Waals surface area contributed by atoms with Gasteiger partial charge in [0, 0.05) is 11.9 Å². The van der Waals surface area contributed by atoms with Crippen molar-refractivity contribution in [2.75, 3.05) is 12.3 Å². The van der Waals surface area contributed by atoms with Crippen LogP contribution >= 0.6 is 0 Å². The number of pyridine rings is 1. The van der Waals surface area contributed by atoms with Crippen LogP contribution in [0.1, 0.15) is 35.0 Å². The van der Waals surface area contributed by atoms with E-state index in [0.717, 1.165) is 41.5 Å². The van der Waals surface area contributed by atoms with Crippen molar-refractivity contribution < 1.29 is 4.79 Å². The molecule has 1 aromatic carbocycles. The molecule has 1 amide bonds. The van der Waals surface area contributed by atoms with Gasteiger partial charge in [-0.1, -0.05) is 31.2 Å². The Morgan fingerprint density at radius 2 is 2.29 bits per heavy atom. The molecule has 4 nitrogen and oxygen atoms in total. The lowest BCUT2D eigenvalue weighted by molar-refractivity contribution is 0.0779.